The van der Waals surface area contributed by atoms with Crippen LogP contribution in [0.2, 0.25) is 10.0 Å². The summed E-state index contributed by atoms with van der Waals surface area (Å²) in [5.41, 5.74) is -0.695. The van der Waals surface area contributed by atoms with Crippen molar-refractivity contribution >= 4 is 52.6 Å². The van der Waals surface area contributed by atoms with Crippen molar-refractivity contribution in [2.75, 3.05) is 4.90 Å². The molecule has 0 unspecified atom stereocenters. The number of halogens is 5. The first-order chi connectivity index (χ1) is 26.1. The normalized spacial score (nSPS) is 19.1. The van der Waals surface area contributed by atoms with E-state index < -0.39 is 40.5 Å². The van der Waals surface area contributed by atoms with E-state index in [1.807, 2.05) is 12.1 Å². The van der Waals surface area contributed by atoms with E-state index in [9.17, 15) is 32.3 Å². The fourth-order valence-corrected chi connectivity index (χ4v) is 7.51. The Morgan fingerprint density at radius 2 is 1.58 bits per heavy atom. The number of fused-ring (bicyclic) bond motifs is 1. The number of aromatic nitrogens is 4. The molecule has 8 rings (SSSR count). The maximum atomic E-state index is 14.4. The van der Waals surface area contributed by atoms with Crippen LogP contribution >= 0.6 is 23.2 Å². The molecular formula is C38H30Cl2F3N7O5. The van der Waals surface area contributed by atoms with E-state index >= 15 is 0 Å². The molecule has 2 aliphatic carbocycles. The van der Waals surface area contributed by atoms with Crippen LogP contribution in [0.1, 0.15) is 54.4 Å². The average Bonchev–Trinajstić information content (AvgIpc) is 4.03. The van der Waals surface area contributed by atoms with E-state index in [2.05, 4.69) is 30.3 Å². The standard InChI is InChI=1S/C38H30Cl2F3N7O5/c1-35(17-21-2-6-27(7-3-21)55-38(41,42)43)33(54)49(26-15-24(39)14-25(40)16-26)34-46-20-28(50(34)35)31(52)47-37(12-13-37)32(53)48-36(10-11-36)29-8-4-22(18-44-29)23-5-9-30(51)45-19-23/h2-9,14-16,18-20H,10-13,17H2,1H3,(H,45,51)(H,47,52)(H,48,53)/t35-/m1/s1. The predicted molar refractivity (Wildman–Crippen MR) is 195 cm³/mol. The number of alkyl halides is 3. The van der Waals surface area contributed by atoms with Crippen molar-refractivity contribution in [3.8, 4) is 16.9 Å². The molecular weight excluding hydrogens is 762 g/mol. The Kier molecular flexibility index (Phi) is 8.57. The zero-order valence-corrected chi connectivity index (χ0v) is 30.4. The largest absolute Gasteiger partial charge is 0.573 e. The van der Waals surface area contributed by atoms with Gasteiger partial charge in [0.1, 0.15) is 22.5 Å². The van der Waals surface area contributed by atoms with Crippen LogP contribution in [0.3, 0.4) is 0 Å². The van der Waals surface area contributed by atoms with Crippen molar-refractivity contribution in [3.63, 3.8) is 0 Å². The molecule has 2 aromatic carbocycles. The van der Waals surface area contributed by atoms with Gasteiger partial charge in [0.25, 0.3) is 11.8 Å². The zero-order valence-electron chi connectivity index (χ0n) is 28.8. The number of pyridine rings is 2. The van der Waals surface area contributed by atoms with Crippen molar-refractivity contribution in [1.82, 2.24) is 30.2 Å². The van der Waals surface area contributed by atoms with E-state index in [0.717, 1.165) is 23.3 Å². The minimum atomic E-state index is -4.88. The summed E-state index contributed by atoms with van der Waals surface area (Å²) < 4.78 is 43.9. The number of amides is 3. The molecule has 17 heteroatoms. The van der Waals surface area contributed by atoms with E-state index in [1.54, 1.807) is 25.4 Å². The molecule has 2 fully saturated rings. The van der Waals surface area contributed by atoms with Gasteiger partial charge >= 0.3 is 6.36 Å². The van der Waals surface area contributed by atoms with Gasteiger partial charge in [-0.1, -0.05) is 41.4 Å². The third kappa shape index (κ3) is 6.82. The maximum absolute atomic E-state index is 14.4. The van der Waals surface area contributed by atoms with Crippen molar-refractivity contribution < 1.29 is 32.3 Å². The van der Waals surface area contributed by atoms with Crippen LogP contribution in [0, 0.1) is 0 Å². The molecule has 3 aliphatic rings. The number of aromatic amines is 1. The van der Waals surface area contributed by atoms with Crippen LogP contribution in [-0.2, 0) is 27.1 Å². The van der Waals surface area contributed by atoms with Gasteiger partial charge in [-0.2, -0.15) is 0 Å². The van der Waals surface area contributed by atoms with E-state index in [4.69, 9.17) is 23.2 Å². The smallest absolute Gasteiger partial charge is 0.406 e. The zero-order chi connectivity index (χ0) is 38.9. The van der Waals surface area contributed by atoms with Gasteiger partial charge in [-0.05, 0) is 86.2 Å². The minimum Gasteiger partial charge on any atom is -0.406 e. The number of carbonyl (C=O) groups excluding carboxylic acids is 3. The maximum Gasteiger partial charge on any atom is 0.573 e. The molecule has 3 N–H and O–H groups in total. The minimum absolute atomic E-state index is 0.0155. The average molecular weight is 793 g/mol. The second-order valence-corrected chi connectivity index (χ2v) is 15.0. The lowest BCUT2D eigenvalue weighted by Crippen LogP contribution is -2.52. The molecule has 3 aromatic heterocycles. The highest BCUT2D eigenvalue weighted by molar-refractivity contribution is 6.35. The van der Waals surface area contributed by atoms with Gasteiger partial charge in [0.05, 0.1) is 23.1 Å². The second-order valence-electron chi connectivity index (χ2n) is 14.1. The van der Waals surface area contributed by atoms with Crippen LogP contribution in [0.5, 0.6) is 5.75 Å². The molecule has 2 saturated carbocycles. The highest BCUT2D eigenvalue weighted by Gasteiger charge is 2.57. The SMILES string of the molecule is C[C@@]1(Cc2ccc(OC(F)(F)F)cc2)C(=O)N(c2cc(Cl)cc(Cl)c2)c2ncc(C(=O)NC3(C(=O)NC4(c5ccc(-c6ccc(=O)[nH]c6)cn5)CC4)CC3)n21. The summed E-state index contributed by atoms with van der Waals surface area (Å²) >= 11 is 12.6. The lowest BCUT2D eigenvalue weighted by atomic mass is 9.91. The summed E-state index contributed by atoms with van der Waals surface area (Å²) in [6.07, 6.45) is 1.67. The number of carbonyl (C=O) groups is 3. The Hall–Kier alpha value is -5.67. The van der Waals surface area contributed by atoms with E-state index in [-0.39, 0.29) is 45.3 Å². The van der Waals surface area contributed by atoms with Crippen LogP contribution in [0.15, 0.2) is 90.1 Å². The number of imidazole rings is 1. The second kappa shape index (κ2) is 13.0. The fraction of sp³-hybridized carbons (Fsp3) is 0.263. The summed E-state index contributed by atoms with van der Waals surface area (Å²) in [6, 6.07) is 16.4. The molecule has 1 aliphatic heterocycles. The summed E-state index contributed by atoms with van der Waals surface area (Å²) in [6.45, 7) is 1.59. The first-order valence-electron chi connectivity index (χ1n) is 17.1. The molecule has 12 nitrogen and oxygen atoms in total. The number of ether oxygens (including phenoxy) is 1. The number of hydrogen-bond donors (Lipinski definition) is 3. The number of nitrogens with zero attached hydrogens (tertiary/aromatic N) is 4. The molecule has 4 heterocycles. The van der Waals surface area contributed by atoms with Gasteiger partial charge < -0.3 is 20.4 Å². The van der Waals surface area contributed by atoms with Crippen LogP contribution < -0.4 is 25.8 Å². The Labute approximate surface area is 320 Å². The number of benzene rings is 2. The predicted octanol–water partition coefficient (Wildman–Crippen LogP) is 6.54. The highest BCUT2D eigenvalue weighted by Crippen LogP contribution is 2.48. The van der Waals surface area contributed by atoms with Gasteiger partial charge in [0, 0.05) is 40.5 Å². The van der Waals surface area contributed by atoms with Crippen molar-refractivity contribution in [2.24, 2.45) is 0 Å². The van der Waals surface area contributed by atoms with Crippen LogP contribution in [0.4, 0.5) is 24.8 Å². The number of rotatable bonds is 10. The van der Waals surface area contributed by atoms with Crippen LogP contribution in [-0.4, -0.2) is 49.1 Å². The monoisotopic (exact) mass is 791 g/mol. The summed E-state index contributed by atoms with van der Waals surface area (Å²) in [5.74, 6) is -1.89. The first kappa shape index (κ1) is 36.3. The molecule has 0 bridgehead atoms. The highest BCUT2D eigenvalue weighted by atomic mass is 35.5. The first-order valence-corrected chi connectivity index (χ1v) is 17.9. The molecule has 0 saturated heterocycles. The third-order valence-electron chi connectivity index (χ3n) is 10.2. The van der Waals surface area contributed by atoms with Gasteiger partial charge in [0.15, 0.2) is 0 Å². The number of H-pyrrole nitrogens is 1. The van der Waals surface area contributed by atoms with E-state index in [1.165, 1.54) is 52.1 Å². The Morgan fingerprint density at radius 1 is 0.891 bits per heavy atom. The molecule has 3 amide bonds. The molecule has 5 aromatic rings. The van der Waals surface area contributed by atoms with E-state index in [0.29, 0.717) is 36.9 Å². The van der Waals surface area contributed by atoms with Gasteiger partial charge in [-0.15, -0.1) is 13.2 Å². The topological polar surface area (TPSA) is 151 Å². The summed E-state index contributed by atoms with van der Waals surface area (Å²) in [4.78, 5) is 66.9. The lowest BCUT2D eigenvalue weighted by Gasteiger charge is -2.27. The summed E-state index contributed by atoms with van der Waals surface area (Å²) in [5, 5.41) is 6.51. The molecule has 1 atom stereocenters. The summed E-state index contributed by atoms with van der Waals surface area (Å²) in [7, 11) is 0. The van der Waals surface area contributed by atoms with Gasteiger partial charge in [-0.25, -0.2) is 9.88 Å². The van der Waals surface area contributed by atoms with Crippen LogP contribution in [0.25, 0.3) is 11.1 Å². The molecule has 55 heavy (non-hydrogen) atoms. The van der Waals surface area contributed by atoms with Gasteiger partial charge in [0.2, 0.25) is 17.4 Å². The Balaban J connectivity index is 1.06. The lowest BCUT2D eigenvalue weighted by molar-refractivity contribution is -0.274. The van der Waals surface area contributed by atoms with Gasteiger partial charge in [-0.3, -0.25) is 28.7 Å². The number of hydrogen-bond acceptors (Lipinski definition) is 7. The van der Waals surface area contributed by atoms with Crippen molar-refractivity contribution in [2.45, 2.75) is 62.0 Å². The quantitative estimate of drug-likeness (QED) is 0.145. The van der Waals surface area contributed by atoms with Crippen molar-refractivity contribution in [3.05, 3.63) is 123 Å². The Bertz CT molecular complexity index is 2390. The number of nitrogens with one attached hydrogen (secondary N) is 3. The molecule has 282 valence electrons. The molecule has 0 radical (unpaired) electrons. The number of anilines is 2. The van der Waals surface area contributed by atoms with Crippen molar-refractivity contribution in [1.29, 1.82) is 0 Å². The molecule has 0 spiro atoms. The third-order valence-corrected chi connectivity index (χ3v) is 10.6. The fourth-order valence-electron chi connectivity index (χ4n) is 7.00. The Morgan fingerprint density at radius 3 is 2.16 bits per heavy atom.